The molecule has 0 aliphatic rings. The molecule has 1 rings (SSSR count). The van der Waals surface area contributed by atoms with E-state index >= 15 is 0 Å². The Kier molecular flexibility index (Phi) is 3.33. The number of halogens is 5. The van der Waals surface area contributed by atoms with Crippen molar-refractivity contribution in [3.05, 3.63) is 34.4 Å². The van der Waals surface area contributed by atoms with E-state index in [0.717, 1.165) is 0 Å². The van der Waals surface area contributed by atoms with Crippen LogP contribution >= 0.6 is 15.9 Å². The highest BCUT2D eigenvalue weighted by Gasteiger charge is 2.24. The van der Waals surface area contributed by atoms with Crippen molar-refractivity contribution >= 4 is 21.9 Å². The van der Waals surface area contributed by atoms with Crippen LogP contribution in [0.4, 0.5) is 17.6 Å². The molecule has 0 atom stereocenters. The summed E-state index contributed by atoms with van der Waals surface area (Å²) in [6.45, 7) is 0. The zero-order valence-electron chi connectivity index (χ0n) is 6.91. The van der Waals surface area contributed by atoms with Gasteiger partial charge in [0.1, 0.15) is 0 Å². The Bertz CT molecular complexity index is 433. The largest absolute Gasteiger partial charge is 0.545 e. The van der Waals surface area contributed by atoms with Gasteiger partial charge in [0.2, 0.25) is 0 Å². The Labute approximate surface area is 89.6 Å². The molecule has 0 saturated heterocycles. The second-order valence-electron chi connectivity index (χ2n) is 2.53. The minimum absolute atomic E-state index is 0.476. The molecule has 0 amide bonds. The zero-order valence-corrected chi connectivity index (χ0v) is 8.50. The van der Waals surface area contributed by atoms with E-state index in [1.54, 1.807) is 0 Å². The van der Waals surface area contributed by atoms with Crippen molar-refractivity contribution in [2.45, 2.75) is 5.33 Å². The summed E-state index contributed by atoms with van der Waals surface area (Å²) in [7, 11) is 0. The first-order chi connectivity index (χ1) is 6.91. The third kappa shape index (κ3) is 1.83. The number of hydrogen-bond donors (Lipinski definition) is 0. The Morgan fingerprint density at radius 3 is 1.93 bits per heavy atom. The summed E-state index contributed by atoms with van der Waals surface area (Å²) in [6, 6.07) is 0. The molecule has 1 aromatic carbocycles. The Hall–Kier alpha value is -1.11. The van der Waals surface area contributed by atoms with Crippen molar-refractivity contribution in [1.29, 1.82) is 0 Å². The molecule has 15 heavy (non-hydrogen) atoms. The Morgan fingerprint density at radius 1 is 1.07 bits per heavy atom. The molecule has 0 aliphatic carbocycles. The Balaban J connectivity index is 3.70. The molecule has 2 nitrogen and oxygen atoms in total. The fourth-order valence-electron chi connectivity index (χ4n) is 1.02. The number of rotatable bonds is 2. The van der Waals surface area contributed by atoms with Crippen LogP contribution in [0.1, 0.15) is 15.9 Å². The van der Waals surface area contributed by atoms with Crippen molar-refractivity contribution in [1.82, 2.24) is 0 Å². The molecule has 1 aromatic rings. The number of carboxylic acid groups (broad SMARTS) is 1. The van der Waals surface area contributed by atoms with Gasteiger partial charge in [0.25, 0.3) is 0 Å². The van der Waals surface area contributed by atoms with E-state index in [1.165, 1.54) is 0 Å². The average Bonchev–Trinajstić information content (AvgIpc) is 2.19. The van der Waals surface area contributed by atoms with Crippen LogP contribution in [0.2, 0.25) is 0 Å². The van der Waals surface area contributed by atoms with E-state index in [-0.39, 0.29) is 0 Å². The minimum atomic E-state index is -2.17. The van der Waals surface area contributed by atoms with Crippen LogP contribution in [0.5, 0.6) is 0 Å². The fraction of sp³-hybridized carbons (Fsp3) is 0.125. The van der Waals surface area contributed by atoms with Gasteiger partial charge in [-0.1, -0.05) is 15.9 Å². The normalized spacial score (nSPS) is 10.5. The van der Waals surface area contributed by atoms with Gasteiger partial charge >= 0.3 is 0 Å². The SMILES string of the molecule is O=C([O-])c1c(F)c(F)c(F)c(F)c1CBr. The molecule has 0 N–H and O–H groups in total. The van der Waals surface area contributed by atoms with Crippen LogP contribution < -0.4 is 5.11 Å². The van der Waals surface area contributed by atoms with Crippen LogP contribution in [0.25, 0.3) is 0 Å². The predicted molar refractivity (Wildman–Crippen MR) is 43.2 cm³/mol. The van der Waals surface area contributed by atoms with Gasteiger partial charge in [0.15, 0.2) is 23.3 Å². The molecule has 0 spiro atoms. The lowest BCUT2D eigenvalue weighted by molar-refractivity contribution is -0.255. The van der Waals surface area contributed by atoms with Crippen molar-refractivity contribution in [2.75, 3.05) is 0 Å². The predicted octanol–water partition coefficient (Wildman–Crippen LogP) is 1.50. The molecule has 0 fully saturated rings. The highest BCUT2D eigenvalue weighted by molar-refractivity contribution is 9.08. The molecule has 0 unspecified atom stereocenters. The average molecular weight is 286 g/mol. The van der Waals surface area contributed by atoms with Gasteiger partial charge in [-0.2, -0.15) is 0 Å². The molecule has 82 valence electrons. The number of benzene rings is 1. The molecule has 0 saturated carbocycles. The van der Waals surface area contributed by atoms with Crippen molar-refractivity contribution < 1.29 is 27.5 Å². The minimum Gasteiger partial charge on any atom is -0.545 e. The smallest absolute Gasteiger partial charge is 0.198 e. The number of carbonyl (C=O) groups excluding carboxylic acids is 1. The first-order valence-corrected chi connectivity index (χ1v) is 4.66. The van der Waals surface area contributed by atoms with Crippen LogP contribution in [0.15, 0.2) is 0 Å². The van der Waals surface area contributed by atoms with E-state index in [4.69, 9.17) is 0 Å². The molecule has 0 heterocycles. The number of alkyl halides is 1. The monoisotopic (exact) mass is 285 g/mol. The summed E-state index contributed by atoms with van der Waals surface area (Å²) >= 11 is 2.63. The second-order valence-corrected chi connectivity index (χ2v) is 3.09. The lowest BCUT2D eigenvalue weighted by atomic mass is 10.1. The quantitative estimate of drug-likeness (QED) is 0.358. The van der Waals surface area contributed by atoms with E-state index in [2.05, 4.69) is 15.9 Å². The van der Waals surface area contributed by atoms with Gasteiger partial charge in [0.05, 0.1) is 5.97 Å². The second kappa shape index (κ2) is 4.18. The summed E-state index contributed by atoms with van der Waals surface area (Å²) in [5.74, 6) is -10.0. The highest BCUT2D eigenvalue weighted by Crippen LogP contribution is 2.25. The fourth-order valence-corrected chi connectivity index (χ4v) is 1.54. The summed E-state index contributed by atoms with van der Waals surface area (Å²) in [4.78, 5) is 10.4. The molecular weight excluding hydrogens is 284 g/mol. The summed E-state index contributed by atoms with van der Waals surface area (Å²) < 4.78 is 51.2. The molecule has 0 bridgehead atoms. The van der Waals surface area contributed by atoms with Crippen LogP contribution in [-0.2, 0) is 5.33 Å². The van der Waals surface area contributed by atoms with E-state index in [9.17, 15) is 27.5 Å². The number of carbonyl (C=O) groups is 1. The van der Waals surface area contributed by atoms with Crippen molar-refractivity contribution in [3.63, 3.8) is 0 Å². The maximum absolute atomic E-state index is 13.0. The first kappa shape index (κ1) is 12.0. The molecule has 0 aromatic heterocycles. The highest BCUT2D eigenvalue weighted by atomic mass is 79.9. The molecular formula is C8H2BrF4O2-. The van der Waals surface area contributed by atoms with Crippen LogP contribution in [0, 0.1) is 23.3 Å². The van der Waals surface area contributed by atoms with E-state index in [0.29, 0.717) is 0 Å². The van der Waals surface area contributed by atoms with Gasteiger partial charge in [0, 0.05) is 16.5 Å². The number of carboxylic acids is 1. The summed E-state index contributed by atoms with van der Waals surface area (Å²) in [6.07, 6.45) is 0. The lowest BCUT2D eigenvalue weighted by Gasteiger charge is -2.11. The van der Waals surface area contributed by atoms with Crippen molar-refractivity contribution in [2.24, 2.45) is 0 Å². The maximum atomic E-state index is 13.0. The number of hydrogen-bond acceptors (Lipinski definition) is 2. The third-order valence-corrected chi connectivity index (χ3v) is 2.26. The van der Waals surface area contributed by atoms with Crippen LogP contribution in [-0.4, -0.2) is 5.97 Å². The molecule has 0 aliphatic heterocycles. The standard InChI is InChI=1S/C8H3BrF4O2/c9-1-2-3(8(14)15)5(11)7(13)6(12)4(2)10/h1H2,(H,14,15)/p-1. The van der Waals surface area contributed by atoms with Gasteiger partial charge < -0.3 is 9.90 Å². The maximum Gasteiger partial charge on any atom is 0.198 e. The number of aromatic carboxylic acids is 1. The van der Waals surface area contributed by atoms with Gasteiger partial charge in [-0.05, 0) is 0 Å². The molecule has 7 heteroatoms. The van der Waals surface area contributed by atoms with Crippen molar-refractivity contribution in [3.8, 4) is 0 Å². The Morgan fingerprint density at radius 2 is 1.53 bits per heavy atom. The van der Waals surface area contributed by atoms with Gasteiger partial charge in [-0.3, -0.25) is 0 Å². The summed E-state index contributed by atoms with van der Waals surface area (Å²) in [5, 5.41) is 9.91. The van der Waals surface area contributed by atoms with Crippen LogP contribution in [0.3, 0.4) is 0 Å². The first-order valence-electron chi connectivity index (χ1n) is 3.53. The lowest BCUT2D eigenvalue weighted by Crippen LogP contribution is -2.27. The van der Waals surface area contributed by atoms with Gasteiger partial charge in [-0.25, -0.2) is 17.6 Å². The zero-order chi connectivity index (χ0) is 11.7. The molecule has 0 radical (unpaired) electrons. The van der Waals surface area contributed by atoms with Gasteiger partial charge in [-0.15, -0.1) is 0 Å². The van der Waals surface area contributed by atoms with E-state index in [1.807, 2.05) is 0 Å². The topological polar surface area (TPSA) is 40.1 Å². The van der Waals surface area contributed by atoms with E-state index < -0.39 is 45.7 Å². The third-order valence-electron chi connectivity index (χ3n) is 1.70. The summed E-state index contributed by atoms with van der Waals surface area (Å²) in [5.41, 5.74) is -2.14.